The van der Waals surface area contributed by atoms with Crippen molar-refractivity contribution in [2.45, 2.75) is 125 Å². The summed E-state index contributed by atoms with van der Waals surface area (Å²) in [6.07, 6.45) is 7.62. The molecule has 0 atom stereocenters. The number of aromatic nitrogens is 10. The van der Waals surface area contributed by atoms with Gasteiger partial charge in [0.25, 0.3) is 0 Å². The third-order valence-electron chi connectivity index (χ3n) is 15.9. The van der Waals surface area contributed by atoms with Crippen LogP contribution >= 0.6 is 93.1 Å². The monoisotopic (exact) mass is 1650 g/mol. The summed E-state index contributed by atoms with van der Waals surface area (Å²) in [7, 11) is 0. The SMILES string of the molecule is CCC[CH2][Sn]([CH2]CCC)([CH2]CCC)[c]1cc(F)cc2scnc12.Cc1nnc2n1-c1c(cc(F)c(-c3cc(F)cc4scnc34)c1F)NC2(C)C.Cc1nnc2n1-c1c(cc(F)c(Br)c1F)NC2(C)C.Fc1cc(Br)c2ncsc2c1.Nc1nc2c(Br)cc(F)cc2s1. The molecule has 12 aromatic rings. The van der Waals surface area contributed by atoms with E-state index in [1.54, 1.807) is 45.9 Å². The van der Waals surface area contributed by atoms with Crippen molar-refractivity contribution >= 4 is 172 Å². The van der Waals surface area contributed by atoms with Gasteiger partial charge in [0.05, 0.1) is 74.2 Å². The second-order valence-electron chi connectivity index (χ2n) is 23.4. The van der Waals surface area contributed by atoms with Gasteiger partial charge < -0.3 is 16.4 Å². The number of hydrogen-bond donors (Lipinski definition) is 3. The summed E-state index contributed by atoms with van der Waals surface area (Å²) < 4.78 is 126. The van der Waals surface area contributed by atoms with Crippen LogP contribution in [0, 0.1) is 60.4 Å². The van der Waals surface area contributed by atoms with Crippen LogP contribution in [0.4, 0.5) is 51.6 Å². The van der Waals surface area contributed by atoms with Gasteiger partial charge in [-0.1, -0.05) is 11.3 Å². The van der Waals surface area contributed by atoms with E-state index >= 15 is 8.78 Å². The first-order valence-corrected chi connectivity index (χ1v) is 42.9. The molecule has 0 unspecified atom stereocenters. The van der Waals surface area contributed by atoms with Gasteiger partial charge in [0.1, 0.15) is 52.1 Å². The summed E-state index contributed by atoms with van der Waals surface area (Å²) >= 11 is 12.3. The third kappa shape index (κ3) is 14.5. The Hall–Kier alpha value is -5.76. The number of nitrogen functional groups attached to an aromatic ring is 1. The molecule has 29 heteroatoms. The van der Waals surface area contributed by atoms with Crippen LogP contribution in [0.5, 0.6) is 0 Å². The van der Waals surface area contributed by atoms with Crippen molar-refractivity contribution in [2.75, 3.05) is 16.4 Å². The molecule has 0 aliphatic carbocycles. The Bertz CT molecular complexity index is 4720. The molecule has 93 heavy (non-hydrogen) atoms. The first-order valence-electron chi connectivity index (χ1n) is 29.6. The average molecular weight is 1650 g/mol. The molecule has 488 valence electrons. The van der Waals surface area contributed by atoms with E-state index in [2.05, 4.69) is 120 Å². The minimum atomic E-state index is -2.60. The Morgan fingerprint density at radius 3 is 1.47 bits per heavy atom. The Morgan fingerprint density at radius 1 is 0.516 bits per heavy atom. The van der Waals surface area contributed by atoms with E-state index in [1.165, 1.54) is 137 Å². The molecule has 8 heterocycles. The van der Waals surface area contributed by atoms with E-state index in [-0.39, 0.29) is 50.1 Å². The van der Waals surface area contributed by atoms with Crippen molar-refractivity contribution in [1.82, 2.24) is 49.5 Å². The topological polar surface area (TPSA) is 163 Å². The molecule has 0 amide bonds. The zero-order valence-corrected chi connectivity index (χ0v) is 62.6. The number of unbranched alkanes of at least 4 members (excludes halogenated alkanes) is 3. The fourth-order valence-corrected chi connectivity index (χ4v) is 33.0. The molecular formula is C64H62Br3F8N13S4Sn. The zero-order valence-electron chi connectivity index (χ0n) is 51.7. The minimum absolute atomic E-state index is 0.0534. The summed E-state index contributed by atoms with van der Waals surface area (Å²) in [5, 5.41) is 22.9. The predicted octanol–water partition coefficient (Wildman–Crippen LogP) is 20.7. The van der Waals surface area contributed by atoms with Gasteiger partial charge in [-0.25, -0.2) is 45.7 Å². The fraction of sp³-hybridized carbons (Fsp3) is 0.312. The molecule has 0 saturated heterocycles. The maximum absolute atomic E-state index is 15.8. The summed E-state index contributed by atoms with van der Waals surface area (Å²) in [6.45, 7) is 17.7. The summed E-state index contributed by atoms with van der Waals surface area (Å²) in [5.41, 5.74) is 13.2. The number of nitrogens with zero attached hydrogens (tertiary/aromatic N) is 10. The maximum Gasteiger partial charge on any atom is 0.181 e. The van der Waals surface area contributed by atoms with Gasteiger partial charge in [-0.3, -0.25) is 9.13 Å². The molecule has 2 aliphatic rings. The number of benzene rings is 6. The average Bonchev–Trinajstić information content (AvgIpc) is 1.71. The molecule has 4 N–H and O–H groups in total. The van der Waals surface area contributed by atoms with Crippen molar-refractivity contribution in [3.05, 3.63) is 160 Å². The largest absolute Gasteiger partial charge is 0.375 e. The number of nitrogens with one attached hydrogen (secondary N) is 2. The van der Waals surface area contributed by atoms with Crippen LogP contribution in [0.1, 0.15) is 110 Å². The number of aryl methyl sites for hydroxylation is 2. The third-order valence-corrected chi connectivity index (χ3v) is 36.6. The second-order valence-corrected chi connectivity index (χ2v) is 42.8. The number of anilines is 3. The summed E-state index contributed by atoms with van der Waals surface area (Å²) in [4.78, 5) is 16.9. The van der Waals surface area contributed by atoms with E-state index < -0.39 is 58.5 Å². The second kappa shape index (κ2) is 28.9. The van der Waals surface area contributed by atoms with Gasteiger partial charge in [0.2, 0.25) is 0 Å². The smallest absolute Gasteiger partial charge is 0.181 e. The van der Waals surface area contributed by atoms with Gasteiger partial charge >= 0.3 is 149 Å². The van der Waals surface area contributed by atoms with Crippen molar-refractivity contribution in [3.63, 3.8) is 0 Å². The molecular weight excluding hydrogens is 1590 g/mol. The van der Waals surface area contributed by atoms with Crippen molar-refractivity contribution in [3.8, 4) is 22.5 Å². The standard InChI is InChI=1S/C19H14F3N5S.C12H11BrF2N4.C7H4BrFN2S.C7H3BrFNS.C7H3FNS.3C4H9.Sn/c1-8-25-26-18-19(2,3)24-12-6-11(21)14(15(22)17(12)27(8)18)10-4-9(20)5-13-16(10)23-7-28-13;1-5-17-18-11-12(2,3)16-7-4-6(14)8(13)9(15)10(7)19(5)11;8-4-1-3(9)2-5-6(4)11-7(10)12-5;8-5-1-4(9)2-6-7(5)10-3-11-6;8-5-1-2-6-7(3-5)10-4-9-6;3*1-3-4-2;/h4-7,24H,1-3H3;4,16H,1-3H3;1-2H,(H2,10,11);1-3H;1,3-4H;3*1,3-4H2,2H3;. The number of nitrogens with two attached hydrogens (primary N) is 1. The van der Waals surface area contributed by atoms with Crippen LogP contribution in [0.15, 0.2) is 90.6 Å². The van der Waals surface area contributed by atoms with Crippen LogP contribution in [-0.2, 0) is 11.1 Å². The zero-order chi connectivity index (χ0) is 67.0. The number of thiazole rings is 4. The quantitative estimate of drug-likeness (QED) is 0.0642. The van der Waals surface area contributed by atoms with E-state index in [0.29, 0.717) is 53.3 Å². The number of rotatable bonds is 11. The first-order chi connectivity index (χ1) is 44.2. The predicted molar refractivity (Wildman–Crippen MR) is 375 cm³/mol. The van der Waals surface area contributed by atoms with Crippen molar-refractivity contribution in [1.29, 1.82) is 0 Å². The fourth-order valence-electron chi connectivity index (χ4n) is 11.6. The molecule has 6 aromatic heterocycles. The molecule has 0 fully saturated rings. The van der Waals surface area contributed by atoms with Crippen LogP contribution in [0.25, 0.3) is 63.4 Å². The van der Waals surface area contributed by atoms with Crippen LogP contribution in [0.3, 0.4) is 0 Å². The maximum atomic E-state index is 15.8. The van der Waals surface area contributed by atoms with Gasteiger partial charge in [0.15, 0.2) is 28.4 Å². The number of hydrogen-bond acceptors (Lipinski definition) is 15. The van der Waals surface area contributed by atoms with Gasteiger partial charge in [-0.2, -0.15) is 0 Å². The van der Waals surface area contributed by atoms with E-state index in [1.807, 2.05) is 39.3 Å². The van der Waals surface area contributed by atoms with Gasteiger partial charge in [0, 0.05) is 26.6 Å². The molecule has 13 nitrogen and oxygen atoms in total. The van der Waals surface area contributed by atoms with Gasteiger partial charge in [-0.15, -0.1) is 43.1 Å². The molecule has 0 saturated carbocycles. The first kappa shape index (κ1) is 70.1. The molecule has 2 aliphatic heterocycles. The molecule has 6 aromatic carbocycles. The van der Waals surface area contributed by atoms with Crippen molar-refractivity contribution in [2.24, 2.45) is 0 Å². The Labute approximate surface area is 576 Å². The number of fused-ring (bicyclic) bond motifs is 10. The summed E-state index contributed by atoms with van der Waals surface area (Å²) in [6, 6.07) is 14.2. The Kier molecular flexibility index (Phi) is 21.8. The van der Waals surface area contributed by atoms with E-state index in [9.17, 15) is 26.3 Å². The summed E-state index contributed by atoms with van der Waals surface area (Å²) in [5.74, 6) is -1.94. The Morgan fingerprint density at radius 2 is 0.946 bits per heavy atom. The van der Waals surface area contributed by atoms with E-state index in [0.717, 1.165) is 36.7 Å². The van der Waals surface area contributed by atoms with E-state index in [4.69, 9.17) is 5.73 Å². The Balaban J connectivity index is 0.000000132. The molecule has 0 bridgehead atoms. The normalized spacial score (nSPS) is 13.3. The van der Waals surface area contributed by atoms with Gasteiger partial charge in [-0.05, 0) is 126 Å². The molecule has 0 radical (unpaired) electrons. The molecule has 14 rings (SSSR count). The van der Waals surface area contributed by atoms with Crippen LogP contribution in [-0.4, -0.2) is 67.8 Å². The molecule has 0 spiro atoms. The van der Waals surface area contributed by atoms with Crippen molar-refractivity contribution < 1.29 is 35.1 Å². The van der Waals surface area contributed by atoms with Crippen LogP contribution < -0.4 is 19.9 Å². The van der Waals surface area contributed by atoms with Crippen LogP contribution in [0.2, 0.25) is 13.3 Å². The minimum Gasteiger partial charge on any atom is -0.375 e. The number of halogens is 11.